The Hall–Kier alpha value is -1.62. The van der Waals surface area contributed by atoms with Crippen LogP contribution in [-0.4, -0.2) is 82.3 Å². The summed E-state index contributed by atoms with van der Waals surface area (Å²) < 4.78 is 9.51. The number of rotatable bonds is 7. The van der Waals surface area contributed by atoms with Crippen molar-refractivity contribution in [3.05, 3.63) is 0 Å². The van der Waals surface area contributed by atoms with E-state index in [1.54, 1.807) is 34.6 Å². The van der Waals surface area contributed by atoms with Crippen LogP contribution < -0.4 is 5.73 Å². The summed E-state index contributed by atoms with van der Waals surface area (Å²) in [7, 11) is 0. The minimum Gasteiger partial charge on any atom is -0.480 e. The van der Waals surface area contributed by atoms with Gasteiger partial charge in [-0.15, -0.1) is 12.4 Å². The lowest BCUT2D eigenvalue weighted by atomic mass is 10.2. The van der Waals surface area contributed by atoms with Gasteiger partial charge in [-0.25, -0.2) is 9.59 Å². The van der Waals surface area contributed by atoms with Gasteiger partial charge in [0.15, 0.2) is 6.04 Å². The smallest absolute Gasteiger partial charge is 0.411 e. The van der Waals surface area contributed by atoms with Crippen LogP contribution in [-0.2, 0) is 19.1 Å². The molecule has 0 aromatic rings. The van der Waals surface area contributed by atoms with E-state index in [4.69, 9.17) is 25.8 Å². The summed E-state index contributed by atoms with van der Waals surface area (Å²) >= 11 is 0. The first kappa shape index (κ1) is 29.2. The van der Waals surface area contributed by atoms with Gasteiger partial charge in [0.05, 0.1) is 19.8 Å². The molecule has 1 amide bonds. The van der Waals surface area contributed by atoms with E-state index in [1.165, 1.54) is 0 Å². The van der Waals surface area contributed by atoms with Crippen molar-refractivity contribution in [2.24, 2.45) is 5.73 Å². The Morgan fingerprint density at radius 3 is 1.88 bits per heavy atom. The van der Waals surface area contributed by atoms with Gasteiger partial charge in [-0.3, -0.25) is 9.69 Å². The molecule has 0 saturated carbocycles. The van der Waals surface area contributed by atoms with Gasteiger partial charge in [0.25, 0.3) is 0 Å². The van der Waals surface area contributed by atoms with E-state index in [9.17, 15) is 14.4 Å². The lowest BCUT2D eigenvalue weighted by Crippen LogP contribution is -2.48. The topological polar surface area (TPSA) is 160 Å². The first-order valence-electron chi connectivity index (χ1n) is 7.81. The van der Waals surface area contributed by atoms with Crippen molar-refractivity contribution in [3.8, 4) is 0 Å². The quantitative estimate of drug-likeness (QED) is 0.429. The van der Waals surface area contributed by atoms with Crippen LogP contribution in [0, 0.1) is 0 Å². The zero-order valence-corrected chi connectivity index (χ0v) is 16.6. The van der Waals surface area contributed by atoms with Gasteiger partial charge < -0.3 is 30.5 Å². The van der Waals surface area contributed by atoms with E-state index in [-0.39, 0.29) is 25.6 Å². The number of nitrogens with two attached hydrogens (primary N) is 1. The number of aliphatic hydroxyl groups excluding tert-OH is 2. The fourth-order valence-electron chi connectivity index (χ4n) is 1.43. The molecule has 11 heteroatoms. The summed E-state index contributed by atoms with van der Waals surface area (Å²) in [4.78, 5) is 33.9. The summed E-state index contributed by atoms with van der Waals surface area (Å²) in [6, 6.07) is -2.15. The minimum absolute atomic E-state index is 0. The van der Waals surface area contributed by atoms with Crippen molar-refractivity contribution in [2.75, 3.05) is 26.4 Å². The number of esters is 1. The Kier molecular flexibility index (Phi) is 16.3. The van der Waals surface area contributed by atoms with Gasteiger partial charge in [0, 0.05) is 6.54 Å². The lowest BCUT2D eigenvalue weighted by Gasteiger charge is -2.29. The number of carbonyl (C=O) groups excluding carboxylic acids is 2. The van der Waals surface area contributed by atoms with E-state index in [2.05, 4.69) is 4.74 Å². The molecule has 0 spiro atoms. The van der Waals surface area contributed by atoms with Gasteiger partial charge in [-0.2, -0.15) is 0 Å². The fraction of sp³-hybridized carbons (Fsp3) is 0.800. The number of carboxylic acids is 1. The molecule has 2 atom stereocenters. The molecule has 0 rings (SSSR count). The molecule has 0 unspecified atom stereocenters. The Labute approximate surface area is 159 Å². The summed E-state index contributed by atoms with van der Waals surface area (Å²) in [5, 5.41) is 26.0. The third kappa shape index (κ3) is 12.7. The largest absolute Gasteiger partial charge is 0.480 e. The van der Waals surface area contributed by atoms with Gasteiger partial charge >= 0.3 is 18.0 Å². The molecule has 0 aliphatic rings. The maximum absolute atomic E-state index is 11.6. The molecule has 0 fully saturated rings. The Morgan fingerprint density at radius 1 is 1.12 bits per heavy atom. The SMILES string of the molecule is CCN(C(=O)OC(C)(C)C)[C@@H](CO)C(=O)O.CCOC(=O)[C@@H](N)CO.Cl. The van der Waals surface area contributed by atoms with Crippen molar-refractivity contribution < 1.29 is 39.2 Å². The number of aliphatic hydroxyl groups is 2. The highest BCUT2D eigenvalue weighted by atomic mass is 35.5. The molecule has 0 aromatic heterocycles. The number of carboxylic acid groups (broad SMARTS) is 1. The van der Waals surface area contributed by atoms with E-state index in [0.717, 1.165) is 4.90 Å². The fourth-order valence-corrected chi connectivity index (χ4v) is 1.43. The normalized spacial score (nSPS) is 12.5. The van der Waals surface area contributed by atoms with Crippen molar-refractivity contribution in [2.45, 2.75) is 52.3 Å². The van der Waals surface area contributed by atoms with Gasteiger partial charge in [0.2, 0.25) is 0 Å². The second-order valence-electron chi connectivity index (χ2n) is 5.84. The second kappa shape index (κ2) is 14.5. The monoisotopic (exact) mass is 402 g/mol. The molecule has 0 bridgehead atoms. The number of ether oxygens (including phenoxy) is 2. The molecule has 0 aliphatic carbocycles. The van der Waals surface area contributed by atoms with Crippen LogP contribution in [0.1, 0.15) is 34.6 Å². The first-order chi connectivity index (χ1) is 11.4. The van der Waals surface area contributed by atoms with E-state index >= 15 is 0 Å². The van der Waals surface area contributed by atoms with Crippen LogP contribution in [0.4, 0.5) is 4.79 Å². The molecule has 156 valence electrons. The van der Waals surface area contributed by atoms with Crippen LogP contribution in [0.3, 0.4) is 0 Å². The predicted molar refractivity (Wildman–Crippen MR) is 96.1 cm³/mol. The average molecular weight is 403 g/mol. The van der Waals surface area contributed by atoms with Crippen molar-refractivity contribution >= 4 is 30.4 Å². The maximum atomic E-state index is 11.6. The Morgan fingerprint density at radius 2 is 1.62 bits per heavy atom. The number of nitrogens with zero attached hydrogens (tertiary/aromatic N) is 1. The number of amides is 1. The van der Waals surface area contributed by atoms with Gasteiger partial charge in [-0.1, -0.05) is 0 Å². The third-order valence-electron chi connectivity index (χ3n) is 2.59. The third-order valence-corrected chi connectivity index (χ3v) is 2.59. The van der Waals surface area contributed by atoms with Crippen molar-refractivity contribution in [1.29, 1.82) is 0 Å². The zero-order valence-electron chi connectivity index (χ0n) is 15.8. The Bertz CT molecular complexity index is 428. The number of carbonyl (C=O) groups is 3. The molecule has 26 heavy (non-hydrogen) atoms. The Balaban J connectivity index is -0.000000453. The summed E-state index contributed by atoms with van der Waals surface area (Å²) in [5.74, 6) is -1.81. The number of aliphatic carboxylic acids is 1. The summed E-state index contributed by atoms with van der Waals surface area (Å²) in [6.45, 7) is 7.83. The molecular formula is C15H31ClN2O8. The molecule has 0 heterocycles. The summed E-state index contributed by atoms with van der Waals surface area (Å²) in [5.41, 5.74) is 4.39. The second-order valence-corrected chi connectivity index (χ2v) is 5.84. The highest BCUT2D eigenvalue weighted by Crippen LogP contribution is 2.12. The molecular weight excluding hydrogens is 372 g/mol. The number of halogens is 1. The standard InChI is InChI=1S/C10H19NO5.C5H11NO3.ClH/c1-5-11(7(6-12)8(13)14)9(15)16-10(2,3)4;1-2-9-5(8)4(6)3-7;/h7,12H,5-6H2,1-4H3,(H,13,14);4,7H,2-3,6H2,1H3;1H/t7-;4-;/m00./s1. The number of likely N-dealkylation sites (N-methyl/N-ethyl adjacent to an activating group) is 1. The molecule has 0 aromatic carbocycles. The summed E-state index contributed by atoms with van der Waals surface area (Å²) in [6.07, 6.45) is -0.739. The van der Waals surface area contributed by atoms with Crippen LogP contribution in [0.2, 0.25) is 0 Å². The lowest BCUT2D eigenvalue weighted by molar-refractivity contribution is -0.146. The van der Waals surface area contributed by atoms with E-state index in [1.807, 2.05) is 0 Å². The van der Waals surface area contributed by atoms with Crippen LogP contribution >= 0.6 is 12.4 Å². The number of hydrogen-bond acceptors (Lipinski definition) is 8. The van der Waals surface area contributed by atoms with Crippen molar-refractivity contribution in [1.82, 2.24) is 4.90 Å². The van der Waals surface area contributed by atoms with E-state index < -0.39 is 42.3 Å². The van der Waals surface area contributed by atoms with E-state index in [0.29, 0.717) is 6.61 Å². The molecule has 10 nitrogen and oxygen atoms in total. The molecule has 5 N–H and O–H groups in total. The number of hydrogen-bond donors (Lipinski definition) is 4. The zero-order chi connectivity index (χ0) is 20.2. The van der Waals surface area contributed by atoms with Crippen LogP contribution in [0.25, 0.3) is 0 Å². The molecule has 0 saturated heterocycles. The maximum Gasteiger partial charge on any atom is 0.411 e. The predicted octanol–water partition coefficient (Wildman–Crippen LogP) is -0.0202. The highest BCUT2D eigenvalue weighted by Gasteiger charge is 2.31. The van der Waals surface area contributed by atoms with Crippen LogP contribution in [0.5, 0.6) is 0 Å². The average Bonchev–Trinajstić information content (AvgIpc) is 2.50. The van der Waals surface area contributed by atoms with Crippen molar-refractivity contribution in [3.63, 3.8) is 0 Å². The van der Waals surface area contributed by atoms with Gasteiger partial charge in [-0.05, 0) is 34.6 Å². The van der Waals surface area contributed by atoms with Crippen LogP contribution in [0.15, 0.2) is 0 Å². The molecule has 0 radical (unpaired) electrons. The first-order valence-corrected chi connectivity index (χ1v) is 7.81. The minimum atomic E-state index is -1.26. The highest BCUT2D eigenvalue weighted by molar-refractivity contribution is 5.85. The van der Waals surface area contributed by atoms with Gasteiger partial charge in [0.1, 0.15) is 11.6 Å². The molecule has 0 aliphatic heterocycles.